The molecule has 0 unspecified atom stereocenters. The average molecular weight is 241 g/mol. The Kier molecular flexibility index (Phi) is 2.41. The van der Waals surface area contributed by atoms with Crippen molar-refractivity contribution in [2.75, 3.05) is 0 Å². The van der Waals surface area contributed by atoms with E-state index in [9.17, 15) is 9.90 Å². The number of carboxylic acids is 1. The number of aromatic carboxylic acids is 1. The molecule has 1 N–H and O–H groups in total. The number of hydrogen-bond donors (Lipinski definition) is 1. The number of furan rings is 1. The summed E-state index contributed by atoms with van der Waals surface area (Å²) in [6.45, 7) is 0.419. The van der Waals surface area contributed by atoms with Crippen molar-refractivity contribution in [3.05, 3.63) is 60.2 Å². The Morgan fingerprint density at radius 2 is 2.06 bits per heavy atom. The predicted octanol–water partition coefficient (Wildman–Crippen LogP) is 2.98. The van der Waals surface area contributed by atoms with Crippen LogP contribution in [0.15, 0.2) is 53.1 Å². The summed E-state index contributed by atoms with van der Waals surface area (Å²) in [5.41, 5.74) is 1.17. The molecule has 1 aromatic carbocycles. The van der Waals surface area contributed by atoms with Crippen LogP contribution in [0.3, 0.4) is 0 Å². The SMILES string of the molecule is O=C(O)c1cc2ccccc2n1Cc1ccco1. The van der Waals surface area contributed by atoms with Crippen LogP contribution in [0.1, 0.15) is 16.2 Å². The molecule has 2 heterocycles. The highest BCUT2D eigenvalue weighted by molar-refractivity contribution is 5.94. The molecule has 0 atom stereocenters. The third-order valence-electron chi connectivity index (χ3n) is 2.92. The molecule has 3 rings (SSSR count). The summed E-state index contributed by atoms with van der Waals surface area (Å²) in [6.07, 6.45) is 1.58. The van der Waals surface area contributed by atoms with E-state index in [1.807, 2.05) is 30.3 Å². The fourth-order valence-corrected chi connectivity index (χ4v) is 2.12. The number of carboxylic acid groups (broad SMARTS) is 1. The van der Waals surface area contributed by atoms with Crippen LogP contribution in [0.5, 0.6) is 0 Å². The number of nitrogens with zero attached hydrogens (tertiary/aromatic N) is 1. The van der Waals surface area contributed by atoms with E-state index in [4.69, 9.17) is 4.42 Å². The van der Waals surface area contributed by atoms with Gasteiger partial charge < -0.3 is 14.1 Å². The van der Waals surface area contributed by atoms with Crippen molar-refractivity contribution < 1.29 is 14.3 Å². The topological polar surface area (TPSA) is 55.4 Å². The molecule has 4 heteroatoms. The van der Waals surface area contributed by atoms with Gasteiger partial charge >= 0.3 is 5.97 Å². The van der Waals surface area contributed by atoms with E-state index in [0.717, 1.165) is 16.7 Å². The highest BCUT2D eigenvalue weighted by atomic mass is 16.4. The average Bonchev–Trinajstić information content (AvgIpc) is 2.98. The minimum atomic E-state index is -0.933. The van der Waals surface area contributed by atoms with Gasteiger partial charge in [-0.15, -0.1) is 0 Å². The Morgan fingerprint density at radius 3 is 2.78 bits per heavy atom. The van der Waals surface area contributed by atoms with Gasteiger partial charge in [-0.05, 0) is 24.3 Å². The summed E-state index contributed by atoms with van der Waals surface area (Å²) in [4.78, 5) is 11.3. The predicted molar refractivity (Wildman–Crippen MR) is 66.7 cm³/mol. The molecule has 0 fully saturated rings. The normalized spacial score (nSPS) is 10.9. The molecular formula is C14H11NO3. The number of fused-ring (bicyclic) bond motifs is 1. The second-order valence-electron chi connectivity index (χ2n) is 4.06. The Hall–Kier alpha value is -2.49. The van der Waals surface area contributed by atoms with Crippen LogP contribution in [0, 0.1) is 0 Å². The van der Waals surface area contributed by atoms with E-state index in [-0.39, 0.29) is 5.69 Å². The lowest BCUT2D eigenvalue weighted by Gasteiger charge is -2.05. The van der Waals surface area contributed by atoms with Gasteiger partial charge in [0.2, 0.25) is 0 Å². The summed E-state index contributed by atoms with van der Waals surface area (Å²) in [6, 6.07) is 12.9. The third kappa shape index (κ3) is 1.68. The molecule has 0 saturated heterocycles. The fourth-order valence-electron chi connectivity index (χ4n) is 2.12. The first-order valence-corrected chi connectivity index (χ1v) is 5.59. The van der Waals surface area contributed by atoms with E-state index < -0.39 is 5.97 Å². The van der Waals surface area contributed by atoms with Crippen molar-refractivity contribution in [3.8, 4) is 0 Å². The zero-order valence-corrected chi connectivity index (χ0v) is 9.54. The van der Waals surface area contributed by atoms with Crippen molar-refractivity contribution >= 4 is 16.9 Å². The van der Waals surface area contributed by atoms with Crippen LogP contribution < -0.4 is 0 Å². The van der Waals surface area contributed by atoms with E-state index in [2.05, 4.69) is 0 Å². The molecule has 0 aliphatic rings. The number of rotatable bonds is 3. The minimum Gasteiger partial charge on any atom is -0.477 e. The van der Waals surface area contributed by atoms with Gasteiger partial charge in [0, 0.05) is 10.9 Å². The van der Waals surface area contributed by atoms with Crippen molar-refractivity contribution in [2.45, 2.75) is 6.54 Å². The van der Waals surface area contributed by atoms with Crippen LogP contribution >= 0.6 is 0 Å². The molecule has 0 amide bonds. The first-order chi connectivity index (χ1) is 8.75. The van der Waals surface area contributed by atoms with Gasteiger partial charge in [-0.1, -0.05) is 18.2 Å². The van der Waals surface area contributed by atoms with Crippen molar-refractivity contribution in [2.24, 2.45) is 0 Å². The highest BCUT2D eigenvalue weighted by Crippen LogP contribution is 2.21. The maximum absolute atomic E-state index is 11.3. The molecular weight excluding hydrogens is 230 g/mol. The third-order valence-corrected chi connectivity index (χ3v) is 2.92. The van der Waals surface area contributed by atoms with Gasteiger partial charge in [-0.2, -0.15) is 0 Å². The number of para-hydroxylation sites is 1. The summed E-state index contributed by atoms with van der Waals surface area (Å²) >= 11 is 0. The van der Waals surface area contributed by atoms with E-state index >= 15 is 0 Å². The first kappa shape index (κ1) is 10.7. The van der Waals surface area contributed by atoms with E-state index in [1.54, 1.807) is 23.0 Å². The van der Waals surface area contributed by atoms with Crippen molar-refractivity contribution in [1.82, 2.24) is 4.57 Å². The van der Waals surface area contributed by atoms with Gasteiger partial charge in [-0.3, -0.25) is 0 Å². The number of carbonyl (C=O) groups is 1. The lowest BCUT2D eigenvalue weighted by Crippen LogP contribution is -2.08. The van der Waals surface area contributed by atoms with Crippen LogP contribution in [0.25, 0.3) is 10.9 Å². The molecule has 90 valence electrons. The Morgan fingerprint density at radius 1 is 1.22 bits per heavy atom. The quantitative estimate of drug-likeness (QED) is 0.766. The number of hydrogen-bond acceptors (Lipinski definition) is 2. The van der Waals surface area contributed by atoms with E-state index in [0.29, 0.717) is 6.54 Å². The van der Waals surface area contributed by atoms with Crippen molar-refractivity contribution in [3.63, 3.8) is 0 Å². The maximum Gasteiger partial charge on any atom is 0.352 e. The summed E-state index contributed by atoms with van der Waals surface area (Å²) < 4.78 is 7.02. The standard InChI is InChI=1S/C14H11NO3/c16-14(17)13-8-10-4-1-2-6-12(10)15(13)9-11-5-3-7-18-11/h1-8H,9H2,(H,16,17). The zero-order valence-electron chi connectivity index (χ0n) is 9.54. The summed E-state index contributed by atoms with van der Waals surface area (Å²) in [5.74, 6) is -0.198. The Bertz CT molecular complexity index is 695. The van der Waals surface area contributed by atoms with Gasteiger partial charge in [0.1, 0.15) is 11.5 Å². The Balaban J connectivity index is 2.18. The second-order valence-corrected chi connectivity index (χ2v) is 4.06. The number of aromatic nitrogens is 1. The second kappa shape index (κ2) is 4.07. The highest BCUT2D eigenvalue weighted by Gasteiger charge is 2.15. The molecule has 0 radical (unpaired) electrons. The molecule has 2 aromatic heterocycles. The molecule has 18 heavy (non-hydrogen) atoms. The van der Waals surface area contributed by atoms with Gasteiger partial charge in [0.15, 0.2) is 0 Å². The lowest BCUT2D eigenvalue weighted by atomic mass is 10.2. The van der Waals surface area contributed by atoms with Crippen LogP contribution in [0.4, 0.5) is 0 Å². The van der Waals surface area contributed by atoms with Gasteiger partial charge in [-0.25, -0.2) is 4.79 Å². The monoisotopic (exact) mass is 241 g/mol. The Labute approximate surface area is 103 Å². The largest absolute Gasteiger partial charge is 0.477 e. The van der Waals surface area contributed by atoms with Crippen LogP contribution in [-0.4, -0.2) is 15.6 Å². The fraction of sp³-hybridized carbons (Fsp3) is 0.0714. The molecule has 0 saturated carbocycles. The zero-order chi connectivity index (χ0) is 12.5. The molecule has 0 aliphatic heterocycles. The molecule has 3 aromatic rings. The first-order valence-electron chi connectivity index (χ1n) is 5.59. The minimum absolute atomic E-state index is 0.271. The molecule has 0 bridgehead atoms. The smallest absolute Gasteiger partial charge is 0.352 e. The van der Waals surface area contributed by atoms with Crippen molar-refractivity contribution in [1.29, 1.82) is 0 Å². The maximum atomic E-state index is 11.3. The molecule has 4 nitrogen and oxygen atoms in total. The van der Waals surface area contributed by atoms with E-state index in [1.165, 1.54) is 0 Å². The van der Waals surface area contributed by atoms with Gasteiger partial charge in [0.25, 0.3) is 0 Å². The summed E-state index contributed by atoms with van der Waals surface area (Å²) in [7, 11) is 0. The van der Waals surface area contributed by atoms with Gasteiger partial charge in [0.05, 0.1) is 12.8 Å². The molecule has 0 spiro atoms. The van der Waals surface area contributed by atoms with Crippen LogP contribution in [-0.2, 0) is 6.54 Å². The summed E-state index contributed by atoms with van der Waals surface area (Å²) in [5, 5.41) is 10.2. The number of benzene rings is 1. The lowest BCUT2D eigenvalue weighted by molar-refractivity contribution is 0.0686. The molecule has 0 aliphatic carbocycles. The van der Waals surface area contributed by atoms with Crippen LogP contribution in [0.2, 0.25) is 0 Å².